The summed E-state index contributed by atoms with van der Waals surface area (Å²) in [6, 6.07) is 7.82. The van der Waals surface area contributed by atoms with Gasteiger partial charge in [-0.25, -0.2) is 21.6 Å². The lowest BCUT2D eigenvalue weighted by atomic mass is 10.0. The van der Waals surface area contributed by atoms with E-state index in [4.69, 9.17) is 0 Å². The SMILES string of the molecule is CN1CCN(S(=O)(=O)c2cc(F)cc(F)c2)CC1c1ccc(F)cc1. The van der Waals surface area contributed by atoms with Crippen LogP contribution < -0.4 is 0 Å². The van der Waals surface area contributed by atoms with E-state index in [1.54, 1.807) is 12.1 Å². The Kier molecular flexibility index (Phi) is 4.86. The molecule has 1 saturated heterocycles. The molecule has 1 unspecified atom stereocenters. The molecule has 1 atom stereocenters. The quantitative estimate of drug-likeness (QED) is 0.834. The van der Waals surface area contributed by atoms with E-state index in [9.17, 15) is 21.6 Å². The van der Waals surface area contributed by atoms with Crippen LogP contribution in [-0.2, 0) is 10.0 Å². The first-order valence-electron chi connectivity index (χ1n) is 7.69. The van der Waals surface area contributed by atoms with Crippen molar-refractivity contribution in [3.05, 3.63) is 65.5 Å². The van der Waals surface area contributed by atoms with Crippen LogP contribution in [0, 0.1) is 17.5 Å². The maximum Gasteiger partial charge on any atom is 0.243 e. The summed E-state index contributed by atoms with van der Waals surface area (Å²) in [6.07, 6.45) is 0. The lowest BCUT2D eigenvalue weighted by Crippen LogP contribution is -2.48. The van der Waals surface area contributed by atoms with Gasteiger partial charge in [-0.15, -0.1) is 0 Å². The van der Waals surface area contributed by atoms with Crippen LogP contribution >= 0.6 is 0 Å². The van der Waals surface area contributed by atoms with Gasteiger partial charge in [0.25, 0.3) is 0 Å². The topological polar surface area (TPSA) is 40.6 Å². The van der Waals surface area contributed by atoms with E-state index in [1.807, 2.05) is 11.9 Å². The third-order valence-corrected chi connectivity index (χ3v) is 6.18. The van der Waals surface area contributed by atoms with Crippen LogP contribution in [0.5, 0.6) is 0 Å². The molecular formula is C17H17F3N2O2S. The molecule has 25 heavy (non-hydrogen) atoms. The van der Waals surface area contributed by atoms with Gasteiger partial charge in [-0.3, -0.25) is 4.90 Å². The van der Waals surface area contributed by atoms with Crippen molar-refractivity contribution in [2.75, 3.05) is 26.7 Å². The van der Waals surface area contributed by atoms with E-state index in [0.29, 0.717) is 12.6 Å². The van der Waals surface area contributed by atoms with Crippen LogP contribution in [-0.4, -0.2) is 44.3 Å². The largest absolute Gasteiger partial charge is 0.297 e. The highest BCUT2D eigenvalue weighted by atomic mass is 32.2. The zero-order valence-electron chi connectivity index (χ0n) is 13.5. The molecule has 2 aromatic carbocycles. The standard InChI is InChI=1S/C17H17F3N2O2S/c1-21-6-7-22(11-17(21)12-2-4-13(18)5-3-12)25(23,24)16-9-14(19)8-15(20)10-16/h2-5,8-10,17H,6-7,11H2,1H3. The Morgan fingerprint density at radius 1 is 0.920 bits per heavy atom. The fourth-order valence-electron chi connectivity index (χ4n) is 2.94. The molecule has 134 valence electrons. The first kappa shape index (κ1) is 17.9. The number of sulfonamides is 1. The smallest absolute Gasteiger partial charge is 0.243 e. The molecule has 0 saturated carbocycles. The van der Waals surface area contributed by atoms with Crippen LogP contribution in [0.3, 0.4) is 0 Å². The summed E-state index contributed by atoms with van der Waals surface area (Å²) in [6.45, 7) is 0.760. The molecule has 3 rings (SSSR count). The lowest BCUT2D eigenvalue weighted by Gasteiger charge is -2.39. The van der Waals surface area contributed by atoms with Gasteiger partial charge < -0.3 is 0 Å². The Balaban J connectivity index is 1.90. The van der Waals surface area contributed by atoms with Gasteiger partial charge in [-0.1, -0.05) is 12.1 Å². The van der Waals surface area contributed by atoms with Crippen molar-refractivity contribution >= 4 is 10.0 Å². The molecule has 8 heteroatoms. The Morgan fingerprint density at radius 2 is 1.52 bits per heavy atom. The molecule has 1 aliphatic heterocycles. The fourth-order valence-corrected chi connectivity index (χ4v) is 4.42. The first-order valence-corrected chi connectivity index (χ1v) is 9.13. The number of nitrogens with zero attached hydrogens (tertiary/aromatic N) is 2. The fraction of sp³-hybridized carbons (Fsp3) is 0.294. The number of hydrogen-bond acceptors (Lipinski definition) is 3. The van der Waals surface area contributed by atoms with Gasteiger partial charge in [0.05, 0.1) is 4.90 Å². The van der Waals surface area contributed by atoms with Crippen LogP contribution in [0.2, 0.25) is 0 Å². The second kappa shape index (κ2) is 6.78. The number of likely N-dealkylation sites (N-methyl/N-ethyl adjacent to an activating group) is 1. The van der Waals surface area contributed by atoms with Gasteiger partial charge in [-0.05, 0) is 36.9 Å². The van der Waals surface area contributed by atoms with E-state index >= 15 is 0 Å². The van der Waals surface area contributed by atoms with E-state index < -0.39 is 26.6 Å². The Labute approximate surface area is 144 Å². The molecule has 0 spiro atoms. The van der Waals surface area contributed by atoms with Crippen LogP contribution in [0.1, 0.15) is 11.6 Å². The monoisotopic (exact) mass is 370 g/mol. The Morgan fingerprint density at radius 3 is 2.12 bits per heavy atom. The van der Waals surface area contributed by atoms with Crippen molar-refractivity contribution in [1.29, 1.82) is 0 Å². The van der Waals surface area contributed by atoms with Crippen LogP contribution in [0.4, 0.5) is 13.2 Å². The second-order valence-corrected chi connectivity index (χ2v) is 7.95. The molecule has 2 aromatic rings. The second-order valence-electron chi connectivity index (χ2n) is 6.02. The molecule has 0 radical (unpaired) electrons. The molecule has 1 aliphatic rings. The number of piperazine rings is 1. The van der Waals surface area contributed by atoms with Crippen molar-refractivity contribution in [3.8, 4) is 0 Å². The molecule has 0 bridgehead atoms. The van der Waals surface area contributed by atoms with E-state index in [0.717, 1.165) is 17.7 Å². The highest BCUT2D eigenvalue weighted by Crippen LogP contribution is 2.28. The summed E-state index contributed by atoms with van der Waals surface area (Å²) in [7, 11) is -2.18. The number of benzene rings is 2. The number of halogens is 3. The van der Waals surface area contributed by atoms with Gasteiger partial charge in [-0.2, -0.15) is 4.31 Å². The van der Waals surface area contributed by atoms with Crippen molar-refractivity contribution < 1.29 is 21.6 Å². The average Bonchev–Trinajstić information content (AvgIpc) is 2.55. The summed E-state index contributed by atoms with van der Waals surface area (Å²) in [4.78, 5) is 1.55. The third kappa shape index (κ3) is 3.70. The van der Waals surface area contributed by atoms with Gasteiger partial charge in [0.15, 0.2) is 0 Å². The zero-order valence-corrected chi connectivity index (χ0v) is 14.3. The summed E-state index contributed by atoms with van der Waals surface area (Å²) in [5.41, 5.74) is 0.772. The highest BCUT2D eigenvalue weighted by Gasteiger charge is 2.34. The molecule has 4 nitrogen and oxygen atoms in total. The van der Waals surface area contributed by atoms with Gasteiger partial charge in [0.1, 0.15) is 17.5 Å². The summed E-state index contributed by atoms with van der Waals surface area (Å²) < 4.78 is 66.6. The average molecular weight is 370 g/mol. The summed E-state index contributed by atoms with van der Waals surface area (Å²) >= 11 is 0. The van der Waals surface area contributed by atoms with Crippen molar-refractivity contribution in [3.63, 3.8) is 0 Å². The Bertz CT molecular complexity index is 852. The van der Waals surface area contributed by atoms with Crippen molar-refractivity contribution in [2.24, 2.45) is 0 Å². The minimum Gasteiger partial charge on any atom is -0.297 e. The highest BCUT2D eigenvalue weighted by molar-refractivity contribution is 7.89. The van der Waals surface area contributed by atoms with E-state index in [2.05, 4.69) is 0 Å². The van der Waals surface area contributed by atoms with E-state index in [-0.39, 0.29) is 24.9 Å². The summed E-state index contributed by atoms with van der Waals surface area (Å²) in [5, 5.41) is 0. The predicted molar refractivity (Wildman–Crippen MR) is 86.9 cm³/mol. The van der Waals surface area contributed by atoms with E-state index in [1.165, 1.54) is 16.4 Å². The predicted octanol–water partition coefficient (Wildman–Crippen LogP) is 2.78. The molecule has 0 N–H and O–H groups in total. The first-order chi connectivity index (χ1) is 11.8. The maximum absolute atomic E-state index is 13.4. The van der Waals surface area contributed by atoms with Gasteiger partial charge in [0.2, 0.25) is 10.0 Å². The number of hydrogen-bond donors (Lipinski definition) is 0. The molecular weight excluding hydrogens is 353 g/mol. The van der Waals surface area contributed by atoms with Gasteiger partial charge in [0, 0.05) is 31.7 Å². The maximum atomic E-state index is 13.4. The van der Waals surface area contributed by atoms with Crippen molar-refractivity contribution in [1.82, 2.24) is 9.21 Å². The molecule has 0 amide bonds. The normalized spacial score (nSPS) is 19.9. The molecule has 0 aliphatic carbocycles. The van der Waals surface area contributed by atoms with Crippen molar-refractivity contribution in [2.45, 2.75) is 10.9 Å². The minimum absolute atomic E-state index is 0.114. The lowest BCUT2D eigenvalue weighted by molar-refractivity contribution is 0.148. The zero-order chi connectivity index (χ0) is 18.2. The van der Waals surface area contributed by atoms with Gasteiger partial charge >= 0.3 is 0 Å². The molecule has 1 fully saturated rings. The molecule has 1 heterocycles. The third-order valence-electron chi connectivity index (χ3n) is 4.34. The van der Waals surface area contributed by atoms with Crippen LogP contribution in [0.25, 0.3) is 0 Å². The Hall–Kier alpha value is -1.90. The molecule has 0 aromatic heterocycles. The van der Waals surface area contributed by atoms with Crippen LogP contribution in [0.15, 0.2) is 47.4 Å². The summed E-state index contributed by atoms with van der Waals surface area (Å²) in [5.74, 6) is -2.26. The number of rotatable bonds is 3. The minimum atomic E-state index is -4.03.